The summed E-state index contributed by atoms with van der Waals surface area (Å²) in [7, 11) is 2.17. The first-order chi connectivity index (χ1) is 18.5. The monoisotopic (exact) mass is 518 g/mol. The Labute approximate surface area is 224 Å². The number of benzene rings is 3. The molecule has 5 nitrogen and oxygen atoms in total. The number of piperidine rings is 1. The van der Waals surface area contributed by atoms with E-state index in [1.165, 1.54) is 29.8 Å². The standard InChI is InChI=1S/C31H36F2N4O/c1-35-17-19-36(20-18-35)30(23-7-3-2-4-8-23)24-13-15-37(16-14-24)31(38)34-29(25-9-5-11-27(32)21-25)26-10-6-12-28(33)22-26/h2-12,21-22,24,29-30H,13-20H2,1H3,(H,34,38). The summed E-state index contributed by atoms with van der Waals surface area (Å²) in [6.45, 7) is 5.50. The van der Waals surface area contributed by atoms with Crippen LogP contribution in [0.4, 0.5) is 13.6 Å². The van der Waals surface area contributed by atoms with Crippen LogP contribution < -0.4 is 5.32 Å². The van der Waals surface area contributed by atoms with Gasteiger partial charge >= 0.3 is 6.03 Å². The van der Waals surface area contributed by atoms with Gasteiger partial charge in [0.2, 0.25) is 0 Å². The van der Waals surface area contributed by atoms with Crippen LogP contribution in [0, 0.1) is 17.6 Å². The predicted molar refractivity (Wildman–Crippen MR) is 146 cm³/mol. The van der Waals surface area contributed by atoms with E-state index in [-0.39, 0.29) is 6.03 Å². The van der Waals surface area contributed by atoms with E-state index in [0.29, 0.717) is 36.2 Å². The van der Waals surface area contributed by atoms with Gasteiger partial charge in [0, 0.05) is 45.3 Å². The number of likely N-dealkylation sites (N-methyl/N-ethyl adjacent to an activating group) is 1. The van der Waals surface area contributed by atoms with Gasteiger partial charge in [-0.1, -0.05) is 54.6 Å². The molecule has 0 spiro atoms. The van der Waals surface area contributed by atoms with Crippen molar-refractivity contribution in [1.29, 1.82) is 0 Å². The van der Waals surface area contributed by atoms with Crippen LogP contribution in [-0.2, 0) is 0 Å². The molecule has 0 aromatic heterocycles. The van der Waals surface area contributed by atoms with E-state index in [1.807, 2.05) is 4.90 Å². The Kier molecular flexibility index (Phi) is 8.35. The van der Waals surface area contributed by atoms with Gasteiger partial charge in [-0.3, -0.25) is 4.90 Å². The molecule has 3 aromatic carbocycles. The zero-order valence-corrected chi connectivity index (χ0v) is 21.9. The van der Waals surface area contributed by atoms with Crippen LogP contribution >= 0.6 is 0 Å². The van der Waals surface area contributed by atoms with Gasteiger partial charge in [0.25, 0.3) is 0 Å². The van der Waals surface area contributed by atoms with Crippen LogP contribution in [0.1, 0.15) is 41.6 Å². The molecule has 2 aliphatic heterocycles. The number of rotatable bonds is 6. The second-order valence-corrected chi connectivity index (χ2v) is 10.5. The molecule has 2 amide bonds. The molecule has 38 heavy (non-hydrogen) atoms. The van der Waals surface area contributed by atoms with Crippen molar-refractivity contribution >= 4 is 6.03 Å². The van der Waals surface area contributed by atoms with Gasteiger partial charge in [0.1, 0.15) is 11.6 Å². The molecule has 2 saturated heterocycles. The molecule has 1 atom stereocenters. The van der Waals surface area contributed by atoms with E-state index < -0.39 is 17.7 Å². The zero-order chi connectivity index (χ0) is 26.5. The Morgan fingerprint density at radius 1 is 0.763 bits per heavy atom. The van der Waals surface area contributed by atoms with Crippen molar-refractivity contribution in [3.63, 3.8) is 0 Å². The van der Waals surface area contributed by atoms with Crippen molar-refractivity contribution in [3.05, 3.63) is 107 Å². The lowest BCUT2D eigenvalue weighted by atomic mass is 9.84. The number of piperazine rings is 1. The maximum Gasteiger partial charge on any atom is 0.318 e. The molecule has 200 valence electrons. The first-order valence-electron chi connectivity index (χ1n) is 13.5. The number of nitrogens with one attached hydrogen (secondary N) is 1. The predicted octanol–water partition coefficient (Wildman–Crippen LogP) is 5.46. The number of urea groups is 1. The Hall–Kier alpha value is -3.29. The Balaban J connectivity index is 1.29. The van der Waals surface area contributed by atoms with Gasteiger partial charge in [-0.05, 0) is 66.8 Å². The average molecular weight is 519 g/mol. The number of nitrogens with zero attached hydrogens (tertiary/aromatic N) is 3. The Morgan fingerprint density at radius 3 is 1.87 bits per heavy atom. The number of likely N-dealkylation sites (tertiary alicyclic amines) is 1. The number of hydrogen-bond acceptors (Lipinski definition) is 3. The highest BCUT2D eigenvalue weighted by atomic mass is 19.1. The second-order valence-electron chi connectivity index (χ2n) is 10.5. The number of hydrogen-bond donors (Lipinski definition) is 1. The van der Waals surface area contributed by atoms with Crippen molar-refractivity contribution in [3.8, 4) is 0 Å². The van der Waals surface area contributed by atoms with Crippen molar-refractivity contribution < 1.29 is 13.6 Å². The SMILES string of the molecule is CN1CCN(C(c2ccccc2)C2CCN(C(=O)NC(c3cccc(F)c3)c3cccc(F)c3)CC2)CC1. The third-order valence-corrected chi connectivity index (χ3v) is 7.98. The minimum absolute atomic E-state index is 0.210. The van der Waals surface area contributed by atoms with Gasteiger partial charge in [-0.25, -0.2) is 13.6 Å². The average Bonchev–Trinajstić information content (AvgIpc) is 2.94. The minimum Gasteiger partial charge on any atom is -0.327 e. The van der Waals surface area contributed by atoms with Crippen molar-refractivity contribution in [2.75, 3.05) is 46.3 Å². The highest BCUT2D eigenvalue weighted by molar-refractivity contribution is 5.75. The normalized spacial score (nSPS) is 18.5. The van der Waals surface area contributed by atoms with Crippen LogP contribution in [0.25, 0.3) is 0 Å². The molecule has 0 radical (unpaired) electrons. The molecular weight excluding hydrogens is 482 g/mol. The molecule has 1 unspecified atom stereocenters. The van der Waals surface area contributed by atoms with Gasteiger partial charge in [0.05, 0.1) is 6.04 Å². The van der Waals surface area contributed by atoms with Crippen LogP contribution in [0.5, 0.6) is 0 Å². The summed E-state index contributed by atoms with van der Waals surface area (Å²) in [6, 6.07) is 22.5. The third kappa shape index (κ3) is 6.22. The fourth-order valence-corrected chi connectivity index (χ4v) is 5.90. The summed E-state index contributed by atoms with van der Waals surface area (Å²) in [4.78, 5) is 20.2. The van der Waals surface area contributed by atoms with Crippen molar-refractivity contribution in [1.82, 2.24) is 20.0 Å². The largest absolute Gasteiger partial charge is 0.327 e. The van der Waals surface area contributed by atoms with E-state index in [0.717, 1.165) is 39.0 Å². The molecule has 1 N–H and O–H groups in total. The van der Waals surface area contributed by atoms with Gasteiger partial charge in [0.15, 0.2) is 0 Å². The number of halogens is 2. The molecule has 2 heterocycles. The smallest absolute Gasteiger partial charge is 0.318 e. The molecule has 5 rings (SSSR count). The second kappa shape index (κ2) is 12.0. The van der Waals surface area contributed by atoms with E-state index in [9.17, 15) is 13.6 Å². The summed E-state index contributed by atoms with van der Waals surface area (Å²) < 4.78 is 28.1. The fraction of sp³-hybridized carbons (Fsp3) is 0.387. The van der Waals surface area contributed by atoms with E-state index >= 15 is 0 Å². The van der Waals surface area contributed by atoms with Crippen LogP contribution in [-0.4, -0.2) is 67.0 Å². The van der Waals surface area contributed by atoms with E-state index in [4.69, 9.17) is 0 Å². The fourth-order valence-electron chi connectivity index (χ4n) is 5.90. The topological polar surface area (TPSA) is 38.8 Å². The highest BCUT2D eigenvalue weighted by Gasteiger charge is 2.34. The molecule has 0 saturated carbocycles. The zero-order valence-electron chi connectivity index (χ0n) is 21.9. The van der Waals surface area contributed by atoms with Crippen LogP contribution in [0.3, 0.4) is 0 Å². The van der Waals surface area contributed by atoms with Crippen LogP contribution in [0.15, 0.2) is 78.9 Å². The Morgan fingerprint density at radius 2 is 1.32 bits per heavy atom. The summed E-state index contributed by atoms with van der Waals surface area (Å²) in [5.74, 6) is -0.336. The van der Waals surface area contributed by atoms with Crippen molar-refractivity contribution in [2.24, 2.45) is 5.92 Å². The van der Waals surface area contributed by atoms with Gasteiger partial charge in [-0.15, -0.1) is 0 Å². The maximum atomic E-state index is 14.0. The van der Waals surface area contributed by atoms with E-state index in [2.05, 4.69) is 52.5 Å². The first kappa shape index (κ1) is 26.3. The van der Waals surface area contributed by atoms with E-state index in [1.54, 1.807) is 24.3 Å². The lowest BCUT2D eigenvalue weighted by molar-refractivity contribution is 0.0569. The maximum absolute atomic E-state index is 14.0. The minimum atomic E-state index is -0.644. The Bertz CT molecular complexity index is 1160. The lowest BCUT2D eigenvalue weighted by Gasteiger charge is -2.44. The number of carbonyl (C=O) groups excluding carboxylic acids is 1. The molecule has 7 heteroatoms. The van der Waals surface area contributed by atoms with Crippen LogP contribution in [0.2, 0.25) is 0 Å². The number of carbonyl (C=O) groups is 1. The molecule has 2 fully saturated rings. The molecule has 3 aromatic rings. The summed E-state index contributed by atoms with van der Waals surface area (Å²) in [6.07, 6.45) is 1.81. The lowest BCUT2D eigenvalue weighted by Crippen LogP contribution is -2.50. The third-order valence-electron chi connectivity index (χ3n) is 7.98. The molecule has 0 aliphatic carbocycles. The van der Waals surface area contributed by atoms with Gasteiger partial charge in [-0.2, -0.15) is 0 Å². The molecule has 0 bridgehead atoms. The summed E-state index contributed by atoms with van der Waals surface area (Å²) in [5.41, 5.74) is 2.51. The summed E-state index contributed by atoms with van der Waals surface area (Å²) in [5, 5.41) is 3.06. The number of amides is 2. The first-order valence-corrected chi connectivity index (χ1v) is 13.5. The highest BCUT2D eigenvalue weighted by Crippen LogP contribution is 2.36. The molecular formula is C31H36F2N4O. The van der Waals surface area contributed by atoms with Gasteiger partial charge < -0.3 is 15.1 Å². The van der Waals surface area contributed by atoms with Crippen molar-refractivity contribution in [2.45, 2.75) is 24.9 Å². The molecule has 2 aliphatic rings. The quantitative estimate of drug-likeness (QED) is 0.471. The summed E-state index contributed by atoms with van der Waals surface area (Å²) >= 11 is 0.